The lowest BCUT2D eigenvalue weighted by Gasteiger charge is -2.22. The molecule has 0 radical (unpaired) electrons. The van der Waals surface area contributed by atoms with Gasteiger partial charge in [0, 0.05) is 18.4 Å². The van der Waals surface area contributed by atoms with Gasteiger partial charge in [-0.25, -0.2) is 17.6 Å². The van der Waals surface area contributed by atoms with Crippen molar-refractivity contribution in [2.24, 2.45) is 0 Å². The molecule has 7 nitrogen and oxygen atoms in total. The Bertz CT molecular complexity index is 1080. The minimum absolute atomic E-state index is 0.149. The summed E-state index contributed by atoms with van der Waals surface area (Å²) in [6.45, 7) is 0.184. The Kier molecular flexibility index (Phi) is 6.84. The second-order valence-corrected chi connectivity index (χ2v) is 9.60. The highest BCUT2D eigenvalue weighted by Crippen LogP contribution is 2.20. The number of nitrogens with zero attached hydrogens (tertiary/aromatic N) is 1. The molecule has 0 N–H and O–H groups in total. The number of carbonyl (C=O) groups excluding carboxylic acids is 3. The average molecular weight is 447 g/mol. The van der Waals surface area contributed by atoms with E-state index in [0.717, 1.165) is 23.3 Å². The number of sulfone groups is 1. The third-order valence-corrected chi connectivity index (χ3v) is 5.70. The van der Waals surface area contributed by atoms with Gasteiger partial charge < -0.3 is 4.74 Å². The first-order chi connectivity index (χ1) is 14.6. The van der Waals surface area contributed by atoms with E-state index in [1.165, 1.54) is 36.4 Å². The zero-order valence-corrected chi connectivity index (χ0v) is 17.7. The monoisotopic (exact) mass is 447 g/mol. The van der Waals surface area contributed by atoms with Crippen molar-refractivity contribution in [1.82, 2.24) is 4.90 Å². The van der Waals surface area contributed by atoms with Crippen LogP contribution in [0.1, 0.15) is 45.5 Å². The van der Waals surface area contributed by atoms with Crippen LogP contribution in [-0.4, -0.2) is 50.0 Å². The van der Waals surface area contributed by atoms with E-state index in [-0.39, 0.29) is 29.8 Å². The maximum absolute atomic E-state index is 13.1. The van der Waals surface area contributed by atoms with E-state index in [4.69, 9.17) is 4.74 Å². The molecule has 0 aliphatic carbocycles. The molecular weight excluding hydrogens is 425 g/mol. The Balaban J connectivity index is 1.71. The van der Waals surface area contributed by atoms with Crippen LogP contribution in [0.4, 0.5) is 4.39 Å². The fraction of sp³-hybridized carbons (Fsp3) is 0.318. The molecule has 3 rings (SSSR count). The third kappa shape index (κ3) is 5.97. The number of rotatable bonds is 5. The molecule has 0 spiro atoms. The van der Waals surface area contributed by atoms with Crippen LogP contribution in [-0.2, 0) is 25.1 Å². The Labute approximate surface area is 179 Å². The van der Waals surface area contributed by atoms with Crippen molar-refractivity contribution in [3.8, 4) is 0 Å². The number of carbonyl (C=O) groups is 3. The third-order valence-electron chi connectivity index (χ3n) is 4.84. The number of halogens is 1. The largest absolute Gasteiger partial charge is 0.449 e. The first-order valence-corrected chi connectivity index (χ1v) is 11.8. The summed E-state index contributed by atoms with van der Waals surface area (Å²) < 4.78 is 41.3. The molecule has 2 aromatic rings. The zero-order chi connectivity index (χ0) is 22.6. The second-order valence-electron chi connectivity index (χ2n) is 7.46. The van der Waals surface area contributed by atoms with Crippen LogP contribution in [0, 0.1) is 5.82 Å². The van der Waals surface area contributed by atoms with E-state index in [1.54, 1.807) is 0 Å². The standard InChI is InChI=1S/C22H22FNO6S/c1-31(28,29)14-15-5-7-17(8-6-15)22(27)30-19-4-2-3-13-24(21(19)26)20(25)16-9-11-18(23)12-10-16/h5-12,19H,2-4,13-14H2,1H3/t19-/m0/s1. The average Bonchev–Trinajstić information content (AvgIpc) is 2.89. The number of hydrogen-bond donors (Lipinski definition) is 0. The van der Waals surface area contributed by atoms with Gasteiger partial charge in [-0.2, -0.15) is 0 Å². The SMILES string of the molecule is CS(=O)(=O)Cc1ccc(C(=O)O[C@H]2CCCCN(C(=O)c3ccc(F)cc3)C2=O)cc1. The molecule has 1 atom stereocenters. The summed E-state index contributed by atoms with van der Waals surface area (Å²) >= 11 is 0. The molecule has 1 aliphatic rings. The quantitative estimate of drug-likeness (QED) is 0.516. The van der Waals surface area contributed by atoms with E-state index < -0.39 is 39.5 Å². The molecule has 2 aromatic carbocycles. The molecule has 1 fully saturated rings. The molecule has 1 saturated heterocycles. The predicted octanol–water partition coefficient (Wildman–Crippen LogP) is 2.75. The lowest BCUT2D eigenvalue weighted by atomic mass is 10.1. The molecule has 0 bridgehead atoms. The molecule has 31 heavy (non-hydrogen) atoms. The molecule has 164 valence electrons. The van der Waals surface area contributed by atoms with Gasteiger partial charge in [0.2, 0.25) is 0 Å². The van der Waals surface area contributed by atoms with Gasteiger partial charge in [0.1, 0.15) is 5.82 Å². The van der Waals surface area contributed by atoms with E-state index in [2.05, 4.69) is 0 Å². The van der Waals surface area contributed by atoms with Crippen molar-refractivity contribution in [2.45, 2.75) is 31.1 Å². The molecular formula is C22H22FNO6S. The van der Waals surface area contributed by atoms with Crippen LogP contribution < -0.4 is 0 Å². The minimum atomic E-state index is -3.20. The van der Waals surface area contributed by atoms with Crippen LogP contribution >= 0.6 is 0 Å². The van der Waals surface area contributed by atoms with Crippen LogP contribution in [0.3, 0.4) is 0 Å². The smallest absolute Gasteiger partial charge is 0.338 e. The van der Waals surface area contributed by atoms with Crippen LogP contribution in [0.5, 0.6) is 0 Å². The number of esters is 1. The summed E-state index contributed by atoms with van der Waals surface area (Å²) in [5.41, 5.74) is 0.870. The molecule has 9 heteroatoms. The fourth-order valence-corrected chi connectivity index (χ4v) is 4.10. The first-order valence-electron chi connectivity index (χ1n) is 9.73. The maximum Gasteiger partial charge on any atom is 0.338 e. The zero-order valence-electron chi connectivity index (χ0n) is 16.9. The van der Waals surface area contributed by atoms with Gasteiger partial charge in [-0.1, -0.05) is 12.1 Å². The van der Waals surface area contributed by atoms with Crippen molar-refractivity contribution in [1.29, 1.82) is 0 Å². The van der Waals surface area contributed by atoms with Crippen molar-refractivity contribution in [3.05, 3.63) is 71.0 Å². The number of hydrogen-bond acceptors (Lipinski definition) is 6. The fourth-order valence-electron chi connectivity index (χ4n) is 3.30. The summed E-state index contributed by atoms with van der Waals surface area (Å²) in [4.78, 5) is 39.2. The van der Waals surface area contributed by atoms with E-state index in [1.807, 2.05) is 0 Å². The Morgan fingerprint density at radius 1 is 1.03 bits per heavy atom. The van der Waals surface area contributed by atoms with E-state index >= 15 is 0 Å². The van der Waals surface area contributed by atoms with E-state index in [0.29, 0.717) is 18.4 Å². The number of imide groups is 1. The summed E-state index contributed by atoms with van der Waals surface area (Å²) in [5.74, 6) is -2.57. The summed E-state index contributed by atoms with van der Waals surface area (Å²) in [7, 11) is -3.20. The van der Waals surface area contributed by atoms with Crippen molar-refractivity contribution >= 4 is 27.6 Å². The summed E-state index contributed by atoms with van der Waals surface area (Å²) in [6.07, 6.45) is 1.43. The van der Waals surface area contributed by atoms with Gasteiger partial charge >= 0.3 is 5.97 Å². The van der Waals surface area contributed by atoms with Crippen molar-refractivity contribution in [3.63, 3.8) is 0 Å². The summed E-state index contributed by atoms with van der Waals surface area (Å²) in [5, 5.41) is 0. The van der Waals surface area contributed by atoms with Gasteiger partial charge in [0.25, 0.3) is 11.8 Å². The number of benzene rings is 2. The maximum atomic E-state index is 13.1. The number of likely N-dealkylation sites (tertiary alicyclic amines) is 1. The number of amides is 2. The first kappa shape index (κ1) is 22.6. The molecule has 0 saturated carbocycles. The highest BCUT2D eigenvalue weighted by atomic mass is 32.2. The van der Waals surface area contributed by atoms with Gasteiger partial charge in [0.15, 0.2) is 15.9 Å². The van der Waals surface area contributed by atoms with E-state index in [9.17, 15) is 27.2 Å². The topological polar surface area (TPSA) is 97.8 Å². The molecule has 0 aromatic heterocycles. The second kappa shape index (κ2) is 9.38. The lowest BCUT2D eigenvalue weighted by Crippen LogP contribution is -2.43. The highest BCUT2D eigenvalue weighted by molar-refractivity contribution is 7.89. The lowest BCUT2D eigenvalue weighted by molar-refractivity contribution is -0.137. The van der Waals surface area contributed by atoms with Gasteiger partial charge in [-0.3, -0.25) is 14.5 Å². The van der Waals surface area contributed by atoms with Crippen molar-refractivity contribution in [2.75, 3.05) is 12.8 Å². The molecule has 2 amide bonds. The highest BCUT2D eigenvalue weighted by Gasteiger charge is 2.34. The molecule has 1 heterocycles. The van der Waals surface area contributed by atoms with Crippen LogP contribution in [0.2, 0.25) is 0 Å². The van der Waals surface area contributed by atoms with Gasteiger partial charge in [0.05, 0.1) is 11.3 Å². The molecule has 1 aliphatic heterocycles. The predicted molar refractivity (Wildman–Crippen MR) is 110 cm³/mol. The normalized spacial score (nSPS) is 17.2. The summed E-state index contributed by atoms with van der Waals surface area (Å²) in [6, 6.07) is 10.8. The van der Waals surface area contributed by atoms with Crippen LogP contribution in [0.25, 0.3) is 0 Å². The molecule has 0 unspecified atom stereocenters. The number of ether oxygens (including phenoxy) is 1. The Morgan fingerprint density at radius 3 is 2.26 bits per heavy atom. The van der Waals surface area contributed by atoms with Crippen LogP contribution in [0.15, 0.2) is 48.5 Å². The van der Waals surface area contributed by atoms with Gasteiger partial charge in [-0.15, -0.1) is 0 Å². The Hall–Kier alpha value is -3.07. The minimum Gasteiger partial charge on any atom is -0.449 e. The van der Waals surface area contributed by atoms with Gasteiger partial charge in [-0.05, 0) is 61.2 Å². The van der Waals surface area contributed by atoms with Crippen molar-refractivity contribution < 1.29 is 31.9 Å². The Morgan fingerprint density at radius 2 is 1.65 bits per heavy atom.